The smallest absolute Gasteiger partial charge is 0.229 e. The third-order valence-electron chi connectivity index (χ3n) is 3.69. The third-order valence-corrected chi connectivity index (χ3v) is 3.69. The lowest BCUT2D eigenvalue weighted by atomic mass is 9.94. The number of aryl methyl sites for hydroxylation is 1. The molecule has 0 saturated carbocycles. The Morgan fingerprint density at radius 2 is 2.05 bits per heavy atom. The van der Waals surface area contributed by atoms with E-state index in [1.807, 2.05) is 39.2 Å². The summed E-state index contributed by atoms with van der Waals surface area (Å²) < 4.78 is 1.71. The first-order chi connectivity index (χ1) is 10.4. The Kier molecular flexibility index (Phi) is 3.45. The molecule has 1 N–H and O–H groups in total. The molecular formula is C17H18N4O. The Bertz CT molecular complexity index is 762. The van der Waals surface area contributed by atoms with Gasteiger partial charge < -0.3 is 5.32 Å². The minimum Gasteiger partial charge on any atom is -0.351 e. The number of carbonyl (C=O) groups is 1. The summed E-state index contributed by atoms with van der Waals surface area (Å²) in [7, 11) is 1.86. The van der Waals surface area contributed by atoms with E-state index in [1.54, 1.807) is 17.1 Å². The number of aromatic nitrogens is 3. The fourth-order valence-corrected chi connectivity index (χ4v) is 2.63. The van der Waals surface area contributed by atoms with E-state index in [2.05, 4.69) is 27.2 Å². The first-order valence-corrected chi connectivity index (χ1v) is 7.22. The predicted octanol–water partition coefficient (Wildman–Crippen LogP) is 1.60. The molecule has 112 valence electrons. The summed E-state index contributed by atoms with van der Waals surface area (Å²) in [5.41, 5.74) is 2.33. The van der Waals surface area contributed by atoms with Gasteiger partial charge >= 0.3 is 0 Å². The van der Waals surface area contributed by atoms with Crippen molar-refractivity contribution < 1.29 is 4.79 Å². The monoisotopic (exact) mass is 294 g/mol. The van der Waals surface area contributed by atoms with Crippen molar-refractivity contribution in [3.05, 3.63) is 47.5 Å². The van der Waals surface area contributed by atoms with Gasteiger partial charge in [-0.2, -0.15) is 5.10 Å². The number of carbonyl (C=O) groups excluding carboxylic acids is 1. The normalized spacial score (nSPS) is 19.4. The van der Waals surface area contributed by atoms with Crippen molar-refractivity contribution in [2.24, 2.45) is 7.05 Å². The Hall–Kier alpha value is -2.61. The Morgan fingerprint density at radius 1 is 1.27 bits per heavy atom. The predicted molar refractivity (Wildman–Crippen MR) is 83.0 cm³/mol. The van der Waals surface area contributed by atoms with Crippen LogP contribution in [0.1, 0.15) is 43.0 Å². The van der Waals surface area contributed by atoms with Crippen LogP contribution in [0.15, 0.2) is 30.7 Å². The molecule has 1 saturated heterocycles. The van der Waals surface area contributed by atoms with Crippen molar-refractivity contribution in [3.63, 3.8) is 0 Å². The topological polar surface area (TPSA) is 59.8 Å². The van der Waals surface area contributed by atoms with Crippen LogP contribution in [-0.2, 0) is 11.8 Å². The van der Waals surface area contributed by atoms with E-state index in [4.69, 9.17) is 0 Å². The van der Waals surface area contributed by atoms with Crippen LogP contribution in [0.4, 0.5) is 0 Å². The molecule has 1 unspecified atom stereocenters. The van der Waals surface area contributed by atoms with Gasteiger partial charge in [-0.25, -0.2) is 0 Å². The standard InChI is InChI=1S/C17H18N4O/c1-17(2)8-14(16(22)20-17)15-7-6-12(9-18-15)4-5-13-10-19-21(3)11-13/h6-7,9-11,14H,8H2,1-3H3,(H,20,22). The van der Waals surface area contributed by atoms with Crippen molar-refractivity contribution >= 4 is 5.91 Å². The molecule has 3 rings (SSSR count). The molecule has 0 radical (unpaired) electrons. The van der Waals surface area contributed by atoms with Gasteiger partial charge in [0.05, 0.1) is 23.4 Å². The zero-order valence-electron chi connectivity index (χ0n) is 12.9. The highest BCUT2D eigenvalue weighted by atomic mass is 16.2. The second-order valence-electron chi connectivity index (χ2n) is 6.25. The first-order valence-electron chi connectivity index (χ1n) is 7.22. The second kappa shape index (κ2) is 5.30. The maximum atomic E-state index is 12.0. The molecule has 2 aromatic heterocycles. The molecule has 1 fully saturated rings. The SMILES string of the molecule is Cn1cc(C#Cc2ccc(C3CC(C)(C)NC3=O)nc2)cn1. The van der Waals surface area contributed by atoms with Crippen molar-refractivity contribution in [1.82, 2.24) is 20.1 Å². The second-order valence-corrected chi connectivity index (χ2v) is 6.25. The van der Waals surface area contributed by atoms with Crippen LogP contribution < -0.4 is 5.32 Å². The third kappa shape index (κ3) is 3.01. The molecule has 5 nitrogen and oxygen atoms in total. The fourth-order valence-electron chi connectivity index (χ4n) is 2.63. The highest BCUT2D eigenvalue weighted by Crippen LogP contribution is 2.31. The molecule has 1 aliphatic rings. The molecule has 0 bridgehead atoms. The highest BCUT2D eigenvalue weighted by molar-refractivity contribution is 5.86. The summed E-state index contributed by atoms with van der Waals surface area (Å²) in [6.45, 7) is 4.05. The molecule has 1 atom stereocenters. The lowest BCUT2D eigenvalue weighted by Crippen LogP contribution is -2.34. The van der Waals surface area contributed by atoms with Crippen molar-refractivity contribution in [2.45, 2.75) is 31.7 Å². The van der Waals surface area contributed by atoms with Crippen LogP contribution >= 0.6 is 0 Å². The van der Waals surface area contributed by atoms with Crippen LogP contribution in [0.5, 0.6) is 0 Å². The summed E-state index contributed by atoms with van der Waals surface area (Å²) in [5.74, 6) is 5.97. The van der Waals surface area contributed by atoms with E-state index in [0.29, 0.717) is 0 Å². The lowest BCUT2D eigenvalue weighted by molar-refractivity contribution is -0.120. The van der Waals surface area contributed by atoms with Crippen molar-refractivity contribution in [3.8, 4) is 11.8 Å². The lowest BCUT2D eigenvalue weighted by Gasteiger charge is -2.16. The molecule has 0 aliphatic carbocycles. The summed E-state index contributed by atoms with van der Waals surface area (Å²) in [4.78, 5) is 16.4. The number of nitrogens with zero attached hydrogens (tertiary/aromatic N) is 3. The van der Waals surface area contributed by atoms with Crippen LogP contribution in [0, 0.1) is 11.8 Å². The molecular weight excluding hydrogens is 276 g/mol. The largest absolute Gasteiger partial charge is 0.351 e. The van der Waals surface area contributed by atoms with Crippen molar-refractivity contribution in [2.75, 3.05) is 0 Å². The van der Waals surface area contributed by atoms with E-state index in [0.717, 1.165) is 23.2 Å². The first kappa shape index (κ1) is 14.3. The van der Waals surface area contributed by atoms with E-state index >= 15 is 0 Å². The maximum Gasteiger partial charge on any atom is 0.229 e. The Morgan fingerprint density at radius 3 is 2.59 bits per heavy atom. The van der Waals surface area contributed by atoms with E-state index in [9.17, 15) is 4.79 Å². The molecule has 5 heteroatoms. The summed E-state index contributed by atoms with van der Waals surface area (Å²) >= 11 is 0. The van der Waals surface area contributed by atoms with Gasteiger partial charge in [0.2, 0.25) is 5.91 Å². The molecule has 0 aromatic carbocycles. The molecule has 2 aromatic rings. The Labute approximate surface area is 129 Å². The van der Waals surface area contributed by atoms with Gasteiger partial charge in [0.1, 0.15) is 0 Å². The van der Waals surface area contributed by atoms with Gasteiger partial charge in [-0.15, -0.1) is 0 Å². The van der Waals surface area contributed by atoms with Crippen LogP contribution in [0.3, 0.4) is 0 Å². The Balaban J connectivity index is 1.76. The maximum absolute atomic E-state index is 12.0. The number of rotatable bonds is 1. The van der Waals surface area contributed by atoms with Gasteiger partial charge in [-0.3, -0.25) is 14.5 Å². The minimum atomic E-state index is -0.171. The molecule has 1 amide bonds. The number of hydrogen-bond donors (Lipinski definition) is 1. The fraction of sp³-hybridized carbons (Fsp3) is 0.353. The molecule has 0 spiro atoms. The zero-order chi connectivity index (χ0) is 15.7. The van der Waals surface area contributed by atoms with Crippen LogP contribution in [-0.4, -0.2) is 26.2 Å². The number of hydrogen-bond acceptors (Lipinski definition) is 3. The number of amides is 1. The summed E-state index contributed by atoms with van der Waals surface area (Å²) in [6, 6.07) is 3.79. The zero-order valence-corrected chi connectivity index (χ0v) is 12.9. The summed E-state index contributed by atoms with van der Waals surface area (Å²) in [6.07, 6.45) is 6.07. The molecule has 1 aliphatic heterocycles. The van der Waals surface area contributed by atoms with Crippen LogP contribution in [0.2, 0.25) is 0 Å². The molecule has 3 heterocycles. The number of nitrogens with one attached hydrogen (secondary N) is 1. The average molecular weight is 294 g/mol. The molecule has 22 heavy (non-hydrogen) atoms. The van der Waals surface area contributed by atoms with Gasteiger partial charge in [0.25, 0.3) is 0 Å². The van der Waals surface area contributed by atoms with E-state index in [-0.39, 0.29) is 17.4 Å². The van der Waals surface area contributed by atoms with Crippen molar-refractivity contribution in [1.29, 1.82) is 0 Å². The quantitative estimate of drug-likeness (QED) is 0.813. The minimum absolute atomic E-state index is 0.0479. The van der Waals surface area contributed by atoms with Gasteiger partial charge in [0.15, 0.2) is 0 Å². The van der Waals surface area contributed by atoms with Gasteiger partial charge in [0, 0.05) is 30.5 Å². The number of pyridine rings is 1. The highest BCUT2D eigenvalue weighted by Gasteiger charge is 2.38. The van der Waals surface area contributed by atoms with E-state index < -0.39 is 0 Å². The average Bonchev–Trinajstić information content (AvgIpc) is 3.00. The van der Waals surface area contributed by atoms with E-state index in [1.165, 1.54) is 0 Å². The summed E-state index contributed by atoms with van der Waals surface area (Å²) in [5, 5.41) is 7.06. The van der Waals surface area contributed by atoms with Crippen LogP contribution in [0.25, 0.3) is 0 Å². The van der Waals surface area contributed by atoms with Gasteiger partial charge in [-0.05, 0) is 32.4 Å². The van der Waals surface area contributed by atoms with Gasteiger partial charge in [-0.1, -0.05) is 11.8 Å².